The summed E-state index contributed by atoms with van der Waals surface area (Å²) in [6.45, 7) is 8.73. The zero-order valence-corrected chi connectivity index (χ0v) is 10.9. The van der Waals surface area contributed by atoms with Crippen LogP contribution in [0, 0.1) is 0 Å². The Kier molecular flexibility index (Phi) is 4.08. The van der Waals surface area contributed by atoms with Crippen LogP contribution in [0.4, 0.5) is 0 Å². The number of allylic oxidation sites excluding steroid dienone is 4. The van der Waals surface area contributed by atoms with Gasteiger partial charge in [-0.05, 0) is 44.8 Å². The van der Waals surface area contributed by atoms with E-state index in [4.69, 9.17) is 0 Å². The summed E-state index contributed by atoms with van der Waals surface area (Å²) < 4.78 is 0. The monoisotopic (exact) mass is 230 g/mol. The average Bonchev–Trinajstić information content (AvgIpc) is 2.34. The van der Waals surface area contributed by atoms with Gasteiger partial charge in [0, 0.05) is 26.2 Å². The van der Waals surface area contributed by atoms with Gasteiger partial charge in [-0.25, -0.2) is 0 Å². The quantitative estimate of drug-likeness (QED) is 0.732. The van der Waals surface area contributed by atoms with E-state index < -0.39 is 0 Å². The van der Waals surface area contributed by atoms with Crippen molar-refractivity contribution in [2.45, 2.75) is 20.3 Å². The Morgan fingerprint density at radius 2 is 1.35 bits per heavy atom. The largest absolute Gasteiger partial charge is 0.374 e. The van der Waals surface area contributed by atoms with Crippen LogP contribution in [0.2, 0.25) is 0 Å². The molecule has 0 saturated carbocycles. The molecule has 0 saturated heterocycles. The topological polar surface area (TPSA) is 6.48 Å². The summed E-state index contributed by atoms with van der Waals surface area (Å²) in [6, 6.07) is 0. The van der Waals surface area contributed by atoms with Crippen LogP contribution in [0.25, 0.3) is 0 Å². The van der Waals surface area contributed by atoms with Gasteiger partial charge in [0.2, 0.25) is 0 Å². The molecule has 92 valence electrons. The normalized spacial score (nSPS) is 19.4. The van der Waals surface area contributed by atoms with Gasteiger partial charge in [-0.1, -0.05) is 23.3 Å². The van der Waals surface area contributed by atoms with E-state index in [0.717, 1.165) is 26.2 Å². The van der Waals surface area contributed by atoms with Crippen LogP contribution in [-0.2, 0) is 0 Å². The van der Waals surface area contributed by atoms with Gasteiger partial charge < -0.3 is 9.80 Å². The van der Waals surface area contributed by atoms with Crippen molar-refractivity contribution in [3.63, 3.8) is 0 Å². The lowest BCUT2D eigenvalue weighted by molar-refractivity contribution is 0.343. The lowest BCUT2D eigenvalue weighted by Gasteiger charge is -2.25. The van der Waals surface area contributed by atoms with Crippen molar-refractivity contribution < 1.29 is 0 Å². The van der Waals surface area contributed by atoms with E-state index in [0.29, 0.717) is 0 Å². The molecule has 2 rings (SSSR count). The van der Waals surface area contributed by atoms with Crippen LogP contribution in [0.5, 0.6) is 0 Å². The van der Waals surface area contributed by atoms with Gasteiger partial charge in [0.05, 0.1) is 0 Å². The molecular weight excluding hydrogens is 208 g/mol. The SMILES string of the molecule is CC1=CCN(CCCN2C=CC(C)=CC2)C=C1. The summed E-state index contributed by atoms with van der Waals surface area (Å²) in [4.78, 5) is 4.75. The molecule has 2 heteroatoms. The summed E-state index contributed by atoms with van der Waals surface area (Å²) in [5, 5.41) is 0. The first-order valence-corrected chi connectivity index (χ1v) is 6.42. The highest BCUT2D eigenvalue weighted by atomic mass is 15.1. The van der Waals surface area contributed by atoms with Crippen LogP contribution in [-0.4, -0.2) is 36.0 Å². The molecule has 2 nitrogen and oxygen atoms in total. The minimum absolute atomic E-state index is 1.07. The highest BCUT2D eigenvalue weighted by Crippen LogP contribution is 2.09. The van der Waals surface area contributed by atoms with Crippen molar-refractivity contribution in [1.29, 1.82) is 0 Å². The highest BCUT2D eigenvalue weighted by Gasteiger charge is 2.05. The molecule has 0 N–H and O–H groups in total. The maximum absolute atomic E-state index is 2.38. The second-order valence-corrected chi connectivity index (χ2v) is 4.87. The first-order valence-electron chi connectivity index (χ1n) is 6.42. The van der Waals surface area contributed by atoms with Crippen molar-refractivity contribution >= 4 is 0 Å². The maximum Gasteiger partial charge on any atom is 0.0359 e. The summed E-state index contributed by atoms with van der Waals surface area (Å²) >= 11 is 0. The van der Waals surface area contributed by atoms with E-state index in [1.165, 1.54) is 17.6 Å². The fourth-order valence-corrected chi connectivity index (χ4v) is 2.03. The van der Waals surface area contributed by atoms with Crippen LogP contribution < -0.4 is 0 Å². The zero-order chi connectivity index (χ0) is 12.1. The minimum atomic E-state index is 1.07. The van der Waals surface area contributed by atoms with Gasteiger partial charge in [0.15, 0.2) is 0 Å². The number of hydrogen-bond acceptors (Lipinski definition) is 2. The van der Waals surface area contributed by atoms with Crippen LogP contribution in [0.3, 0.4) is 0 Å². The molecule has 0 fully saturated rings. The van der Waals surface area contributed by atoms with Crippen molar-refractivity contribution in [2.24, 2.45) is 0 Å². The highest BCUT2D eigenvalue weighted by molar-refractivity contribution is 5.20. The summed E-state index contributed by atoms with van der Waals surface area (Å²) in [5.41, 5.74) is 2.75. The molecule has 0 unspecified atom stereocenters. The molecule has 0 bridgehead atoms. The van der Waals surface area contributed by atoms with Gasteiger partial charge in [-0.3, -0.25) is 0 Å². The molecule has 2 aliphatic rings. The molecule has 0 aromatic carbocycles. The first-order chi connectivity index (χ1) is 8.24. The third kappa shape index (κ3) is 3.81. The second-order valence-electron chi connectivity index (χ2n) is 4.87. The van der Waals surface area contributed by atoms with E-state index in [-0.39, 0.29) is 0 Å². The third-order valence-electron chi connectivity index (χ3n) is 3.28. The predicted molar refractivity (Wildman–Crippen MR) is 73.6 cm³/mol. The minimum Gasteiger partial charge on any atom is -0.374 e. The lowest BCUT2D eigenvalue weighted by atomic mass is 10.2. The molecule has 0 aromatic heterocycles. The Hall–Kier alpha value is -1.44. The standard InChI is InChI=1S/C15H22N2/c1-14-4-10-16(11-5-14)8-3-9-17-12-6-15(2)7-13-17/h4-7,10,12H,3,8-9,11,13H2,1-2H3. The van der Waals surface area contributed by atoms with E-state index in [9.17, 15) is 0 Å². The Morgan fingerprint density at radius 1 is 0.882 bits per heavy atom. The summed E-state index contributed by atoms with van der Waals surface area (Å²) in [6.07, 6.45) is 14.6. The van der Waals surface area contributed by atoms with Crippen molar-refractivity contribution in [3.05, 3.63) is 47.9 Å². The number of rotatable bonds is 4. The van der Waals surface area contributed by atoms with Crippen LogP contribution >= 0.6 is 0 Å². The number of hydrogen-bond donors (Lipinski definition) is 0. The van der Waals surface area contributed by atoms with Gasteiger partial charge >= 0.3 is 0 Å². The Labute approximate surface area is 105 Å². The fourth-order valence-electron chi connectivity index (χ4n) is 2.03. The molecule has 0 amide bonds. The molecule has 0 aliphatic carbocycles. The molecule has 0 spiro atoms. The van der Waals surface area contributed by atoms with Gasteiger partial charge in [0.25, 0.3) is 0 Å². The smallest absolute Gasteiger partial charge is 0.0359 e. The predicted octanol–water partition coefficient (Wildman–Crippen LogP) is 2.93. The maximum atomic E-state index is 2.38. The van der Waals surface area contributed by atoms with Crippen molar-refractivity contribution in [2.75, 3.05) is 26.2 Å². The average molecular weight is 230 g/mol. The fraction of sp³-hybridized carbons (Fsp3) is 0.467. The summed E-state index contributed by atoms with van der Waals surface area (Å²) in [5.74, 6) is 0. The Balaban J connectivity index is 1.64. The molecule has 2 aliphatic heterocycles. The first kappa shape index (κ1) is 12.0. The number of nitrogens with zero attached hydrogens (tertiary/aromatic N) is 2. The summed E-state index contributed by atoms with van der Waals surface area (Å²) in [7, 11) is 0. The van der Waals surface area contributed by atoms with E-state index in [1.54, 1.807) is 0 Å². The van der Waals surface area contributed by atoms with Gasteiger partial charge in [0.1, 0.15) is 0 Å². The van der Waals surface area contributed by atoms with E-state index >= 15 is 0 Å². The van der Waals surface area contributed by atoms with Crippen LogP contribution in [0.1, 0.15) is 20.3 Å². The molecule has 0 aromatic rings. The van der Waals surface area contributed by atoms with Gasteiger partial charge in [-0.15, -0.1) is 0 Å². The van der Waals surface area contributed by atoms with Crippen molar-refractivity contribution in [1.82, 2.24) is 9.80 Å². The van der Waals surface area contributed by atoms with Gasteiger partial charge in [-0.2, -0.15) is 0 Å². The van der Waals surface area contributed by atoms with E-state index in [1.807, 2.05) is 0 Å². The molecular formula is C15H22N2. The Bertz CT molecular complexity index is 338. The molecule has 0 atom stereocenters. The molecule has 2 heterocycles. The van der Waals surface area contributed by atoms with Crippen molar-refractivity contribution in [3.8, 4) is 0 Å². The Morgan fingerprint density at radius 3 is 1.71 bits per heavy atom. The zero-order valence-electron chi connectivity index (χ0n) is 10.9. The molecule has 17 heavy (non-hydrogen) atoms. The molecule has 0 radical (unpaired) electrons. The van der Waals surface area contributed by atoms with Crippen LogP contribution in [0.15, 0.2) is 47.9 Å². The lowest BCUT2D eigenvalue weighted by Crippen LogP contribution is -2.26. The second kappa shape index (κ2) is 5.76. The van der Waals surface area contributed by atoms with E-state index in [2.05, 4.69) is 60.4 Å². The third-order valence-corrected chi connectivity index (χ3v) is 3.28.